The van der Waals surface area contributed by atoms with Crippen molar-refractivity contribution in [2.45, 2.75) is 60.0 Å². The molecule has 4 heterocycles. The summed E-state index contributed by atoms with van der Waals surface area (Å²) in [5.41, 5.74) is 5.52. The number of nitrogens with zero attached hydrogens (tertiary/aromatic N) is 4. The molecule has 4 rings (SSSR count). The third kappa shape index (κ3) is 3.44. The molecule has 31 heavy (non-hydrogen) atoms. The van der Waals surface area contributed by atoms with Crippen molar-refractivity contribution < 1.29 is 14.3 Å². The highest BCUT2D eigenvalue weighted by molar-refractivity contribution is 7.20. The van der Waals surface area contributed by atoms with Crippen molar-refractivity contribution in [3.63, 3.8) is 0 Å². The van der Waals surface area contributed by atoms with Gasteiger partial charge in [0.15, 0.2) is 11.9 Å². The second kappa shape index (κ2) is 7.30. The number of rotatable bonds is 3. The predicted molar refractivity (Wildman–Crippen MR) is 122 cm³/mol. The summed E-state index contributed by atoms with van der Waals surface area (Å²) >= 11 is 1.40. The van der Waals surface area contributed by atoms with Gasteiger partial charge >= 0.3 is 6.09 Å². The number of aryl methyl sites for hydroxylation is 1. The molecule has 0 aliphatic rings. The summed E-state index contributed by atoms with van der Waals surface area (Å²) in [5, 5.41) is 4.32. The van der Waals surface area contributed by atoms with Crippen molar-refractivity contribution in [2.75, 3.05) is 0 Å². The molecule has 0 saturated heterocycles. The summed E-state index contributed by atoms with van der Waals surface area (Å²) in [7, 11) is 0. The topological polar surface area (TPSA) is 78.5 Å². The lowest BCUT2D eigenvalue weighted by molar-refractivity contribution is 0.0547. The molecule has 0 saturated carbocycles. The minimum Gasteiger partial charge on any atom is -0.443 e. The Bertz CT molecular complexity index is 1330. The Hall–Kier alpha value is -3.00. The van der Waals surface area contributed by atoms with Gasteiger partial charge in [0.2, 0.25) is 0 Å². The summed E-state index contributed by atoms with van der Waals surface area (Å²) in [4.78, 5) is 29.9. The maximum Gasteiger partial charge on any atom is 0.419 e. The lowest BCUT2D eigenvalue weighted by Crippen LogP contribution is -2.27. The van der Waals surface area contributed by atoms with Crippen LogP contribution in [0.15, 0.2) is 18.6 Å². The Morgan fingerprint density at radius 1 is 1.23 bits per heavy atom. The minimum atomic E-state index is -0.659. The van der Waals surface area contributed by atoms with Crippen LogP contribution in [-0.4, -0.2) is 37.1 Å². The van der Waals surface area contributed by atoms with Gasteiger partial charge in [0.1, 0.15) is 11.9 Å². The van der Waals surface area contributed by atoms with Crippen molar-refractivity contribution in [3.8, 4) is 11.3 Å². The normalized spacial score (nSPS) is 12.3. The second-order valence-corrected chi connectivity index (χ2v) is 10.1. The molecule has 0 spiro atoms. The van der Waals surface area contributed by atoms with Gasteiger partial charge in [0.25, 0.3) is 0 Å². The zero-order valence-electron chi connectivity index (χ0n) is 18.8. The van der Waals surface area contributed by atoms with Gasteiger partial charge in [-0.25, -0.2) is 18.9 Å². The van der Waals surface area contributed by atoms with Gasteiger partial charge in [-0.15, -0.1) is 11.3 Å². The predicted octanol–water partition coefficient (Wildman–Crippen LogP) is 5.75. The van der Waals surface area contributed by atoms with Gasteiger partial charge < -0.3 is 4.74 Å². The number of fused-ring (bicyclic) bond motifs is 2. The van der Waals surface area contributed by atoms with Crippen LogP contribution < -0.4 is 0 Å². The van der Waals surface area contributed by atoms with Crippen LogP contribution in [0.1, 0.15) is 66.9 Å². The zero-order chi connectivity index (χ0) is 22.7. The smallest absolute Gasteiger partial charge is 0.419 e. The van der Waals surface area contributed by atoms with Crippen LogP contribution in [0.25, 0.3) is 27.1 Å². The Labute approximate surface area is 184 Å². The van der Waals surface area contributed by atoms with Crippen molar-refractivity contribution in [3.05, 3.63) is 40.2 Å². The number of carbonyl (C=O) groups excluding carboxylic acids is 2. The van der Waals surface area contributed by atoms with Crippen molar-refractivity contribution in [1.82, 2.24) is 19.2 Å². The number of ether oxygens (including phenoxy) is 1. The number of thiophene rings is 1. The monoisotopic (exact) mass is 438 g/mol. The Morgan fingerprint density at radius 3 is 2.55 bits per heavy atom. The Balaban J connectivity index is 2.13. The first-order valence-electron chi connectivity index (χ1n) is 10.2. The number of carbonyl (C=O) groups is 2. The molecule has 0 aliphatic heterocycles. The third-order valence-corrected chi connectivity index (χ3v) is 6.43. The van der Waals surface area contributed by atoms with E-state index in [-0.39, 0.29) is 5.92 Å². The van der Waals surface area contributed by atoms with E-state index >= 15 is 0 Å². The van der Waals surface area contributed by atoms with E-state index in [2.05, 4.69) is 23.9 Å². The molecular formula is C23H26N4O3S. The van der Waals surface area contributed by atoms with Crippen LogP contribution in [0, 0.1) is 13.8 Å². The van der Waals surface area contributed by atoms with E-state index in [4.69, 9.17) is 4.74 Å². The quantitative estimate of drug-likeness (QED) is 0.381. The third-order valence-electron chi connectivity index (χ3n) is 5.35. The van der Waals surface area contributed by atoms with Gasteiger partial charge in [0, 0.05) is 11.8 Å². The van der Waals surface area contributed by atoms with Crippen molar-refractivity contribution in [2.24, 2.45) is 0 Å². The van der Waals surface area contributed by atoms with E-state index in [1.165, 1.54) is 17.7 Å². The van der Waals surface area contributed by atoms with Crippen LogP contribution in [0.3, 0.4) is 0 Å². The van der Waals surface area contributed by atoms with E-state index in [1.54, 1.807) is 15.1 Å². The molecule has 7 nitrogen and oxygen atoms in total. The minimum absolute atomic E-state index is 0.116. The molecule has 8 heteroatoms. The van der Waals surface area contributed by atoms with Gasteiger partial charge in [0.05, 0.1) is 20.8 Å². The molecule has 4 aromatic rings. The van der Waals surface area contributed by atoms with Gasteiger partial charge in [-0.05, 0) is 63.3 Å². The molecule has 0 N–H and O–H groups in total. The summed E-state index contributed by atoms with van der Waals surface area (Å²) in [5.74, 6) is 0.116. The maximum absolute atomic E-state index is 13.4. The molecule has 4 aromatic heterocycles. The maximum atomic E-state index is 13.4. The number of aldehydes is 1. The number of aromatic nitrogens is 4. The molecule has 0 atom stereocenters. The number of hydrogen-bond acceptors (Lipinski definition) is 6. The first kappa shape index (κ1) is 21.2. The summed E-state index contributed by atoms with van der Waals surface area (Å²) < 4.78 is 10.1. The average Bonchev–Trinajstić information content (AvgIpc) is 3.35. The van der Waals surface area contributed by atoms with E-state index in [9.17, 15) is 9.59 Å². The van der Waals surface area contributed by atoms with Crippen LogP contribution in [-0.2, 0) is 4.74 Å². The lowest BCUT2D eigenvalue weighted by Gasteiger charge is -2.22. The fraction of sp³-hybridized carbons (Fsp3) is 0.391. The molecular weight excluding hydrogens is 412 g/mol. The highest BCUT2D eigenvalue weighted by Crippen LogP contribution is 2.43. The fourth-order valence-corrected chi connectivity index (χ4v) is 5.06. The first-order valence-corrected chi connectivity index (χ1v) is 11.0. The van der Waals surface area contributed by atoms with E-state index in [0.29, 0.717) is 10.4 Å². The highest BCUT2D eigenvalue weighted by Gasteiger charge is 2.30. The molecule has 0 amide bonds. The molecule has 0 aliphatic carbocycles. The van der Waals surface area contributed by atoms with E-state index < -0.39 is 11.7 Å². The lowest BCUT2D eigenvalue weighted by atomic mass is 9.96. The van der Waals surface area contributed by atoms with Gasteiger partial charge in [-0.3, -0.25) is 4.79 Å². The second-order valence-electron chi connectivity index (χ2n) is 9.03. The van der Waals surface area contributed by atoms with E-state index in [0.717, 1.165) is 44.6 Å². The van der Waals surface area contributed by atoms with Crippen LogP contribution in [0.4, 0.5) is 4.79 Å². The molecule has 0 unspecified atom stereocenters. The molecule has 0 fully saturated rings. The van der Waals surface area contributed by atoms with Gasteiger partial charge in [-0.1, -0.05) is 13.8 Å². The zero-order valence-corrected chi connectivity index (χ0v) is 19.6. The van der Waals surface area contributed by atoms with Crippen molar-refractivity contribution >= 4 is 39.6 Å². The summed E-state index contributed by atoms with van der Waals surface area (Å²) in [6, 6.07) is 1.77. The molecule has 0 radical (unpaired) electrons. The summed E-state index contributed by atoms with van der Waals surface area (Å²) in [6.07, 6.45) is 3.80. The Kier molecular flexibility index (Phi) is 5.00. The standard InChI is InChI=1S/C23H26N4O3S/c1-12(2)18-19(16-9-26-21(24-11-25-26)14(4)13(16)3)27(22(29)30-23(5,6)7)17-8-15(10-28)31-20(17)18/h8-12H,1-7H3. The average molecular weight is 439 g/mol. The van der Waals surface area contributed by atoms with Crippen molar-refractivity contribution in [1.29, 1.82) is 0 Å². The number of pyridine rings is 1. The largest absolute Gasteiger partial charge is 0.443 e. The van der Waals surface area contributed by atoms with Crippen LogP contribution >= 0.6 is 11.3 Å². The Morgan fingerprint density at radius 2 is 1.94 bits per heavy atom. The molecule has 0 bridgehead atoms. The SMILES string of the molecule is Cc1c(-c2c(C(C)C)c3sc(C=O)cc3n2C(=O)OC(C)(C)C)cn2ncnc2c1C. The molecule has 162 valence electrons. The van der Waals surface area contributed by atoms with E-state index in [1.807, 2.05) is 40.8 Å². The number of hydrogen-bond donors (Lipinski definition) is 0. The molecule has 0 aromatic carbocycles. The fourth-order valence-electron chi connectivity index (χ4n) is 3.90. The van der Waals surface area contributed by atoms with Crippen LogP contribution in [0.5, 0.6) is 0 Å². The van der Waals surface area contributed by atoms with Crippen LogP contribution in [0.2, 0.25) is 0 Å². The van der Waals surface area contributed by atoms with Gasteiger partial charge in [-0.2, -0.15) is 5.10 Å². The first-order chi connectivity index (χ1) is 14.5. The highest BCUT2D eigenvalue weighted by atomic mass is 32.1. The summed E-state index contributed by atoms with van der Waals surface area (Å²) in [6.45, 7) is 13.7.